The SMILES string of the molecule is CCCC1=C(N2CC2)C(=O)C(CCC)=C(N2CC2)C1=O. The lowest BCUT2D eigenvalue weighted by molar-refractivity contribution is -0.118. The number of rotatable bonds is 6. The van der Waals surface area contributed by atoms with Crippen molar-refractivity contribution in [3.8, 4) is 0 Å². The van der Waals surface area contributed by atoms with E-state index in [-0.39, 0.29) is 11.6 Å². The maximum absolute atomic E-state index is 12.8. The Hall–Kier alpha value is -1.58. The molecular weight excluding hydrogens is 252 g/mol. The van der Waals surface area contributed by atoms with E-state index in [1.807, 2.05) is 0 Å². The summed E-state index contributed by atoms with van der Waals surface area (Å²) in [7, 11) is 0. The molecule has 2 heterocycles. The van der Waals surface area contributed by atoms with Crippen LogP contribution in [-0.4, -0.2) is 47.5 Å². The fourth-order valence-electron chi connectivity index (χ4n) is 2.96. The van der Waals surface area contributed by atoms with Crippen LogP contribution in [0, 0.1) is 0 Å². The van der Waals surface area contributed by atoms with Gasteiger partial charge >= 0.3 is 0 Å². The van der Waals surface area contributed by atoms with Gasteiger partial charge in [0, 0.05) is 37.3 Å². The number of nitrogens with zero attached hydrogens (tertiary/aromatic N) is 2. The standard InChI is InChI=1S/C16H22N2O2/c1-3-5-11-13(17-7-8-17)16(20)12(6-4-2)14(15(11)19)18-9-10-18/h3-10H2,1-2H3. The van der Waals surface area contributed by atoms with E-state index in [2.05, 4.69) is 23.6 Å². The minimum Gasteiger partial charge on any atom is -0.364 e. The number of carbonyl (C=O) groups is 2. The highest BCUT2D eigenvalue weighted by atomic mass is 16.1. The van der Waals surface area contributed by atoms with Gasteiger partial charge in [-0.1, -0.05) is 26.7 Å². The first-order valence-corrected chi connectivity index (χ1v) is 7.74. The average molecular weight is 274 g/mol. The molecule has 0 aromatic rings. The summed E-state index contributed by atoms with van der Waals surface area (Å²) in [5, 5.41) is 0. The van der Waals surface area contributed by atoms with Crippen molar-refractivity contribution in [2.75, 3.05) is 26.2 Å². The smallest absolute Gasteiger partial charge is 0.207 e. The van der Waals surface area contributed by atoms with Crippen LogP contribution in [0.15, 0.2) is 22.5 Å². The van der Waals surface area contributed by atoms with Gasteiger partial charge < -0.3 is 9.80 Å². The fraction of sp³-hybridized carbons (Fsp3) is 0.625. The van der Waals surface area contributed by atoms with Crippen LogP contribution in [0.2, 0.25) is 0 Å². The van der Waals surface area contributed by atoms with E-state index in [9.17, 15) is 9.59 Å². The van der Waals surface area contributed by atoms with Crippen molar-refractivity contribution in [1.82, 2.24) is 9.80 Å². The fourth-order valence-corrected chi connectivity index (χ4v) is 2.96. The molecule has 0 bridgehead atoms. The first kappa shape index (κ1) is 13.4. The highest BCUT2D eigenvalue weighted by Crippen LogP contribution is 2.36. The molecule has 2 saturated heterocycles. The number of carbonyl (C=O) groups excluding carboxylic acids is 2. The number of allylic oxidation sites excluding steroid dienone is 2. The Morgan fingerprint density at radius 3 is 1.35 bits per heavy atom. The molecule has 4 heteroatoms. The zero-order valence-corrected chi connectivity index (χ0v) is 12.4. The summed E-state index contributed by atoms with van der Waals surface area (Å²) in [4.78, 5) is 29.8. The molecule has 0 N–H and O–H groups in total. The Morgan fingerprint density at radius 1 is 0.750 bits per heavy atom. The van der Waals surface area contributed by atoms with E-state index in [1.54, 1.807) is 0 Å². The summed E-state index contributed by atoms with van der Waals surface area (Å²) in [6.07, 6.45) is 3.24. The second-order valence-electron chi connectivity index (χ2n) is 5.79. The predicted octanol–water partition coefficient (Wildman–Crippen LogP) is 1.88. The molecule has 0 saturated carbocycles. The summed E-state index contributed by atoms with van der Waals surface area (Å²) in [6.45, 7) is 7.79. The highest BCUT2D eigenvalue weighted by Gasteiger charge is 2.42. The van der Waals surface area contributed by atoms with Crippen molar-refractivity contribution < 1.29 is 9.59 Å². The molecule has 20 heavy (non-hydrogen) atoms. The molecule has 0 spiro atoms. The van der Waals surface area contributed by atoms with Crippen molar-refractivity contribution in [2.24, 2.45) is 0 Å². The molecule has 0 aromatic carbocycles. The first-order chi connectivity index (χ1) is 9.69. The molecule has 0 aromatic heterocycles. The van der Waals surface area contributed by atoms with Crippen LogP contribution in [0.5, 0.6) is 0 Å². The molecule has 0 atom stereocenters. The Labute approximate surface area is 120 Å². The molecule has 2 fully saturated rings. The van der Waals surface area contributed by atoms with Gasteiger partial charge in [-0.2, -0.15) is 0 Å². The van der Waals surface area contributed by atoms with E-state index in [0.717, 1.165) is 50.2 Å². The lowest BCUT2D eigenvalue weighted by atomic mass is 9.86. The van der Waals surface area contributed by atoms with Gasteiger partial charge in [0.2, 0.25) is 11.6 Å². The molecule has 2 aliphatic heterocycles. The van der Waals surface area contributed by atoms with Gasteiger partial charge in [-0.15, -0.1) is 0 Å². The second-order valence-corrected chi connectivity index (χ2v) is 5.79. The number of hydrogen-bond acceptors (Lipinski definition) is 4. The van der Waals surface area contributed by atoms with Gasteiger partial charge in [-0.3, -0.25) is 9.59 Å². The Bertz CT molecular complexity index is 475. The summed E-state index contributed by atoms with van der Waals surface area (Å²) in [5.74, 6) is 0.239. The normalized spacial score (nSPS) is 22.1. The lowest BCUT2D eigenvalue weighted by Crippen LogP contribution is -2.30. The highest BCUT2D eigenvalue weighted by molar-refractivity contribution is 6.25. The largest absolute Gasteiger partial charge is 0.364 e. The van der Waals surface area contributed by atoms with E-state index in [1.165, 1.54) is 0 Å². The monoisotopic (exact) mass is 274 g/mol. The van der Waals surface area contributed by atoms with E-state index in [0.29, 0.717) is 24.2 Å². The molecular formula is C16H22N2O2. The molecule has 0 amide bonds. The topological polar surface area (TPSA) is 40.2 Å². The van der Waals surface area contributed by atoms with Crippen molar-refractivity contribution in [1.29, 1.82) is 0 Å². The van der Waals surface area contributed by atoms with E-state index in [4.69, 9.17) is 0 Å². The Balaban J connectivity index is 2.04. The van der Waals surface area contributed by atoms with E-state index < -0.39 is 0 Å². The average Bonchev–Trinajstić information content (AvgIpc) is 3.26. The predicted molar refractivity (Wildman–Crippen MR) is 77.0 cm³/mol. The van der Waals surface area contributed by atoms with Crippen LogP contribution in [-0.2, 0) is 9.59 Å². The second kappa shape index (κ2) is 5.08. The van der Waals surface area contributed by atoms with Gasteiger partial charge in [-0.05, 0) is 12.8 Å². The molecule has 4 nitrogen and oxygen atoms in total. The Kier molecular flexibility index (Phi) is 3.40. The van der Waals surface area contributed by atoms with Crippen molar-refractivity contribution in [3.05, 3.63) is 22.5 Å². The van der Waals surface area contributed by atoms with Crippen LogP contribution in [0.25, 0.3) is 0 Å². The third-order valence-corrected chi connectivity index (χ3v) is 4.08. The molecule has 108 valence electrons. The lowest BCUT2D eigenvalue weighted by Gasteiger charge is -2.25. The molecule has 3 aliphatic rings. The summed E-state index contributed by atoms with van der Waals surface area (Å²) in [5.41, 5.74) is 2.95. The Morgan fingerprint density at radius 2 is 1.10 bits per heavy atom. The van der Waals surface area contributed by atoms with Crippen LogP contribution < -0.4 is 0 Å². The minimum atomic E-state index is 0.120. The summed E-state index contributed by atoms with van der Waals surface area (Å²) >= 11 is 0. The summed E-state index contributed by atoms with van der Waals surface area (Å²) in [6, 6.07) is 0. The van der Waals surface area contributed by atoms with Gasteiger partial charge in [0.1, 0.15) is 0 Å². The van der Waals surface area contributed by atoms with Crippen molar-refractivity contribution >= 4 is 11.6 Å². The third-order valence-electron chi connectivity index (χ3n) is 4.08. The number of ketones is 2. The van der Waals surface area contributed by atoms with Gasteiger partial charge in [-0.25, -0.2) is 0 Å². The minimum absolute atomic E-state index is 0.120. The third kappa shape index (κ3) is 2.17. The van der Waals surface area contributed by atoms with Crippen molar-refractivity contribution in [3.63, 3.8) is 0 Å². The quantitative estimate of drug-likeness (QED) is 0.548. The van der Waals surface area contributed by atoms with Crippen molar-refractivity contribution in [2.45, 2.75) is 39.5 Å². The molecule has 1 aliphatic carbocycles. The zero-order chi connectivity index (χ0) is 14.3. The van der Waals surface area contributed by atoms with Crippen LogP contribution in [0.4, 0.5) is 0 Å². The van der Waals surface area contributed by atoms with Gasteiger partial charge in [0.05, 0.1) is 11.4 Å². The van der Waals surface area contributed by atoms with Gasteiger partial charge in [0.25, 0.3) is 0 Å². The zero-order valence-electron chi connectivity index (χ0n) is 12.4. The van der Waals surface area contributed by atoms with Gasteiger partial charge in [0.15, 0.2) is 0 Å². The maximum Gasteiger partial charge on any atom is 0.207 e. The first-order valence-electron chi connectivity index (χ1n) is 7.74. The summed E-state index contributed by atoms with van der Waals surface area (Å²) < 4.78 is 0. The maximum atomic E-state index is 12.8. The molecule has 0 radical (unpaired) electrons. The number of Topliss-reactive ketones (excluding diaryl/α,β-unsaturated/α-hetero) is 2. The molecule has 0 unspecified atom stereocenters. The number of hydrogen-bond donors (Lipinski definition) is 0. The van der Waals surface area contributed by atoms with Crippen LogP contribution >= 0.6 is 0 Å². The van der Waals surface area contributed by atoms with Crippen LogP contribution in [0.1, 0.15) is 39.5 Å². The van der Waals surface area contributed by atoms with E-state index >= 15 is 0 Å². The molecule has 3 rings (SSSR count). The van der Waals surface area contributed by atoms with Crippen LogP contribution in [0.3, 0.4) is 0 Å².